The van der Waals surface area contributed by atoms with E-state index in [0.717, 1.165) is 23.5 Å². The Bertz CT molecular complexity index is 946. The van der Waals surface area contributed by atoms with Crippen molar-refractivity contribution in [3.63, 3.8) is 0 Å². The molecule has 2 bridgehead atoms. The molecule has 2 atom stereocenters. The normalized spacial score (nSPS) is 28.8. The minimum atomic E-state index is -0.400. The van der Waals surface area contributed by atoms with E-state index >= 15 is 0 Å². The van der Waals surface area contributed by atoms with E-state index in [1.54, 1.807) is 6.07 Å². The van der Waals surface area contributed by atoms with Gasteiger partial charge in [-0.15, -0.1) is 6.58 Å². The van der Waals surface area contributed by atoms with Crippen molar-refractivity contribution in [1.29, 1.82) is 0 Å². The zero-order valence-electron chi connectivity index (χ0n) is 16.5. The molecule has 146 valence electrons. The number of carbonyl (C=O) groups is 3. The largest absolute Gasteiger partial charge is 0.271 e. The second-order valence-electron chi connectivity index (χ2n) is 8.76. The van der Waals surface area contributed by atoms with Crippen LogP contribution in [0.1, 0.15) is 71.1 Å². The van der Waals surface area contributed by atoms with E-state index in [4.69, 9.17) is 0 Å². The Morgan fingerprint density at radius 3 is 2.61 bits per heavy atom. The van der Waals surface area contributed by atoms with Gasteiger partial charge in [0.05, 0.1) is 11.1 Å². The Kier molecular flexibility index (Phi) is 4.07. The molecule has 4 rings (SSSR count). The molecule has 1 heterocycles. The smallest absolute Gasteiger partial charge is 0.270 e. The lowest BCUT2D eigenvalue weighted by Crippen LogP contribution is -2.34. The maximum Gasteiger partial charge on any atom is 0.271 e. The van der Waals surface area contributed by atoms with Gasteiger partial charge in [-0.1, -0.05) is 26.8 Å². The number of hydrazone groups is 1. The number of carbonyl (C=O) groups excluding carboxylic acids is 3. The lowest BCUT2D eigenvalue weighted by molar-refractivity contribution is 0.0672. The minimum absolute atomic E-state index is 0.0104. The van der Waals surface area contributed by atoms with Crippen molar-refractivity contribution in [1.82, 2.24) is 10.3 Å². The quantitative estimate of drug-likeness (QED) is 0.495. The van der Waals surface area contributed by atoms with Crippen molar-refractivity contribution in [3.05, 3.63) is 47.5 Å². The van der Waals surface area contributed by atoms with Gasteiger partial charge in [0.1, 0.15) is 0 Å². The minimum Gasteiger partial charge on any atom is -0.270 e. The van der Waals surface area contributed by atoms with E-state index in [1.165, 1.54) is 24.6 Å². The van der Waals surface area contributed by atoms with Crippen LogP contribution in [0.4, 0.5) is 0 Å². The van der Waals surface area contributed by atoms with Gasteiger partial charge in [-0.25, -0.2) is 5.43 Å². The van der Waals surface area contributed by atoms with E-state index in [-0.39, 0.29) is 34.8 Å². The summed E-state index contributed by atoms with van der Waals surface area (Å²) in [6.07, 6.45) is 4.72. The van der Waals surface area contributed by atoms with Crippen LogP contribution in [0.25, 0.3) is 0 Å². The Morgan fingerprint density at radius 2 is 2.00 bits per heavy atom. The average molecular weight is 379 g/mol. The van der Waals surface area contributed by atoms with Crippen molar-refractivity contribution in [3.8, 4) is 0 Å². The van der Waals surface area contributed by atoms with Crippen molar-refractivity contribution >= 4 is 23.4 Å². The summed E-state index contributed by atoms with van der Waals surface area (Å²) in [4.78, 5) is 38.5. The third kappa shape index (κ3) is 2.40. The Labute approximate surface area is 164 Å². The number of nitrogens with zero attached hydrogens (tertiary/aromatic N) is 2. The molecule has 2 aliphatic carbocycles. The summed E-state index contributed by atoms with van der Waals surface area (Å²) in [5.41, 5.74) is 4.79. The van der Waals surface area contributed by atoms with Crippen LogP contribution in [0, 0.1) is 16.7 Å². The molecular formula is C22H25N3O3. The number of nitrogens with one attached hydrogen (secondary N) is 1. The van der Waals surface area contributed by atoms with Gasteiger partial charge in [-0.05, 0) is 48.8 Å². The predicted octanol–water partition coefficient (Wildman–Crippen LogP) is 3.40. The number of hydrogen-bond donors (Lipinski definition) is 1. The highest BCUT2D eigenvalue weighted by molar-refractivity contribution is 6.22. The molecule has 28 heavy (non-hydrogen) atoms. The Balaban J connectivity index is 1.55. The second-order valence-corrected chi connectivity index (χ2v) is 8.76. The fourth-order valence-corrected chi connectivity index (χ4v) is 5.01. The first-order valence-electron chi connectivity index (χ1n) is 9.69. The van der Waals surface area contributed by atoms with Crippen LogP contribution in [0.3, 0.4) is 0 Å². The lowest BCUT2D eigenvalue weighted by Gasteiger charge is -2.34. The maximum absolute atomic E-state index is 12.6. The molecule has 2 fully saturated rings. The summed E-state index contributed by atoms with van der Waals surface area (Å²) in [5.74, 6) is -0.526. The van der Waals surface area contributed by atoms with Gasteiger partial charge in [0.2, 0.25) is 0 Å². The number of amides is 3. The van der Waals surface area contributed by atoms with Crippen molar-refractivity contribution < 1.29 is 14.4 Å². The molecule has 1 aromatic rings. The topological polar surface area (TPSA) is 78.8 Å². The van der Waals surface area contributed by atoms with Crippen molar-refractivity contribution in [2.45, 2.75) is 40.0 Å². The number of fused-ring (bicyclic) bond motifs is 3. The predicted molar refractivity (Wildman–Crippen MR) is 106 cm³/mol. The van der Waals surface area contributed by atoms with Crippen LogP contribution in [-0.4, -0.2) is 34.9 Å². The van der Waals surface area contributed by atoms with E-state index in [9.17, 15) is 14.4 Å². The average Bonchev–Trinajstić information content (AvgIpc) is 3.12. The zero-order chi connectivity index (χ0) is 20.3. The van der Waals surface area contributed by atoms with E-state index in [0.29, 0.717) is 17.0 Å². The van der Waals surface area contributed by atoms with E-state index in [1.807, 2.05) is 0 Å². The molecule has 0 aromatic heterocycles. The van der Waals surface area contributed by atoms with Crippen LogP contribution in [0.15, 0.2) is 36.0 Å². The molecule has 3 aliphatic rings. The number of hydrogen-bond acceptors (Lipinski definition) is 4. The first kappa shape index (κ1) is 18.6. The molecule has 0 unspecified atom stereocenters. The summed E-state index contributed by atoms with van der Waals surface area (Å²) in [7, 11) is 0. The monoisotopic (exact) mass is 379 g/mol. The van der Waals surface area contributed by atoms with Gasteiger partial charge in [-0.2, -0.15) is 5.10 Å². The molecule has 2 saturated carbocycles. The van der Waals surface area contributed by atoms with Gasteiger partial charge in [0.25, 0.3) is 17.7 Å². The third-order valence-electron chi connectivity index (χ3n) is 7.35. The highest BCUT2D eigenvalue weighted by Gasteiger charge is 2.60. The van der Waals surface area contributed by atoms with Gasteiger partial charge >= 0.3 is 0 Å². The zero-order valence-corrected chi connectivity index (χ0v) is 16.5. The summed E-state index contributed by atoms with van der Waals surface area (Å²) in [6, 6.07) is 4.56. The van der Waals surface area contributed by atoms with E-state index < -0.39 is 5.91 Å². The third-order valence-corrected chi connectivity index (χ3v) is 7.35. The first-order valence-corrected chi connectivity index (χ1v) is 9.69. The number of rotatable bonds is 4. The highest BCUT2D eigenvalue weighted by Crippen LogP contribution is 2.63. The molecule has 0 radical (unpaired) electrons. The molecular weight excluding hydrogens is 354 g/mol. The van der Waals surface area contributed by atoms with Gasteiger partial charge < -0.3 is 0 Å². The fourth-order valence-electron chi connectivity index (χ4n) is 5.01. The summed E-state index contributed by atoms with van der Waals surface area (Å²) < 4.78 is 0. The summed E-state index contributed by atoms with van der Waals surface area (Å²) >= 11 is 0. The van der Waals surface area contributed by atoms with Crippen LogP contribution >= 0.6 is 0 Å². The van der Waals surface area contributed by atoms with Crippen LogP contribution < -0.4 is 5.43 Å². The molecule has 1 N–H and O–H groups in total. The highest BCUT2D eigenvalue weighted by atomic mass is 16.2. The fraction of sp³-hybridized carbons (Fsp3) is 0.455. The van der Waals surface area contributed by atoms with E-state index in [2.05, 4.69) is 37.9 Å². The summed E-state index contributed by atoms with van der Waals surface area (Å²) in [5, 5.41) is 4.46. The first-order chi connectivity index (χ1) is 13.2. The van der Waals surface area contributed by atoms with Gasteiger partial charge in [-0.3, -0.25) is 19.3 Å². The van der Waals surface area contributed by atoms with Crippen LogP contribution in [-0.2, 0) is 0 Å². The van der Waals surface area contributed by atoms with Gasteiger partial charge in [0.15, 0.2) is 0 Å². The molecule has 6 nitrogen and oxygen atoms in total. The molecule has 0 saturated heterocycles. The Morgan fingerprint density at radius 1 is 1.29 bits per heavy atom. The molecule has 0 spiro atoms. The summed E-state index contributed by atoms with van der Waals surface area (Å²) in [6.45, 7) is 10.5. The van der Waals surface area contributed by atoms with Crippen LogP contribution in [0.5, 0.6) is 0 Å². The van der Waals surface area contributed by atoms with Crippen molar-refractivity contribution in [2.24, 2.45) is 21.8 Å². The molecule has 1 aliphatic heterocycles. The number of benzene rings is 1. The van der Waals surface area contributed by atoms with Crippen molar-refractivity contribution in [2.75, 3.05) is 6.54 Å². The maximum atomic E-state index is 12.6. The van der Waals surface area contributed by atoms with Gasteiger partial charge in [0, 0.05) is 23.2 Å². The standard InChI is InChI=1S/C22H25N3O3/c1-5-10-25-19(27)15-7-6-13(11-16(15)20(25)28)18(26)24-23-17-12-14-8-9-22(17,4)21(14,2)3/h5-7,11,14H,1,8-10,12H2,2-4H3,(H,24,26)/b23-17+/t14-,22+/m1/s1. The molecule has 1 aromatic carbocycles. The molecule has 3 amide bonds. The molecule has 6 heteroatoms. The Hall–Kier alpha value is -2.76. The SMILES string of the molecule is C=CCN1C(=O)c2ccc(C(=O)N/N=C3\C[C@H]4CC[C@]3(C)C4(C)C)cc2C1=O. The lowest BCUT2D eigenvalue weighted by atomic mass is 9.70. The van der Waals surface area contributed by atoms with Crippen LogP contribution in [0.2, 0.25) is 0 Å². The number of imide groups is 1. The second kappa shape index (κ2) is 6.12.